The fourth-order valence-corrected chi connectivity index (χ4v) is 1.22. The highest BCUT2D eigenvalue weighted by atomic mass is 16.2. The third-order valence-electron chi connectivity index (χ3n) is 2.14. The monoisotopic (exact) mass is 199 g/mol. The summed E-state index contributed by atoms with van der Waals surface area (Å²) < 4.78 is 0. The first-order valence-corrected chi connectivity index (χ1v) is 4.69. The van der Waals surface area contributed by atoms with Crippen LogP contribution in [0.4, 0.5) is 0 Å². The molecule has 0 saturated heterocycles. The normalized spacial score (nSPS) is 12.3. The second-order valence-electron chi connectivity index (χ2n) is 3.58. The fourth-order valence-electron chi connectivity index (χ4n) is 1.22. The van der Waals surface area contributed by atoms with E-state index in [9.17, 15) is 14.4 Å². The molecule has 0 saturated carbocycles. The van der Waals surface area contributed by atoms with E-state index in [1.165, 1.54) is 4.90 Å². The van der Waals surface area contributed by atoms with Crippen LogP contribution in [0.5, 0.6) is 0 Å². The Morgan fingerprint density at radius 2 is 1.93 bits per heavy atom. The molecule has 0 aromatic heterocycles. The summed E-state index contributed by atoms with van der Waals surface area (Å²) in [5.74, 6) is -0.0689. The standard InChI is InChI=1S/C10H17NO3/c1-8(2)9(7-13)11(3)10(14)5-4-6-12/h6-9H,4-5H2,1-3H3/t9-/m1/s1. The molecule has 0 radical (unpaired) electrons. The van der Waals surface area contributed by atoms with Crippen LogP contribution in [0.25, 0.3) is 0 Å². The Bertz CT molecular complexity index is 213. The molecule has 0 aliphatic carbocycles. The van der Waals surface area contributed by atoms with Crippen LogP contribution >= 0.6 is 0 Å². The first kappa shape index (κ1) is 12.8. The van der Waals surface area contributed by atoms with Crippen molar-refractivity contribution in [2.24, 2.45) is 5.92 Å². The molecule has 0 aliphatic rings. The second-order valence-corrected chi connectivity index (χ2v) is 3.58. The highest BCUT2D eigenvalue weighted by Gasteiger charge is 2.21. The number of carbonyl (C=O) groups is 3. The van der Waals surface area contributed by atoms with Crippen molar-refractivity contribution in [3.63, 3.8) is 0 Å². The maximum absolute atomic E-state index is 11.4. The SMILES string of the molecule is CC(C)[C@@H](C=O)N(C)C(=O)CCC=O. The van der Waals surface area contributed by atoms with E-state index >= 15 is 0 Å². The highest BCUT2D eigenvalue weighted by Crippen LogP contribution is 2.08. The number of likely N-dealkylation sites (N-methyl/N-ethyl adjacent to an activating group) is 1. The molecule has 0 fully saturated rings. The zero-order valence-electron chi connectivity index (χ0n) is 8.90. The van der Waals surface area contributed by atoms with Crippen LogP contribution < -0.4 is 0 Å². The lowest BCUT2D eigenvalue weighted by Crippen LogP contribution is -2.41. The van der Waals surface area contributed by atoms with E-state index in [0.29, 0.717) is 6.29 Å². The van der Waals surface area contributed by atoms with Gasteiger partial charge in [-0.3, -0.25) is 4.79 Å². The van der Waals surface area contributed by atoms with E-state index in [0.717, 1.165) is 6.29 Å². The van der Waals surface area contributed by atoms with E-state index in [4.69, 9.17) is 0 Å². The molecule has 0 unspecified atom stereocenters. The summed E-state index contributed by atoms with van der Waals surface area (Å²) in [7, 11) is 1.59. The lowest BCUT2D eigenvalue weighted by atomic mass is 10.0. The quantitative estimate of drug-likeness (QED) is 0.590. The van der Waals surface area contributed by atoms with Gasteiger partial charge in [0.1, 0.15) is 12.6 Å². The predicted octanol–water partition coefficient (Wildman–Crippen LogP) is 0.647. The number of aldehydes is 2. The molecule has 0 N–H and O–H groups in total. The molecule has 0 aliphatic heterocycles. The number of rotatable bonds is 6. The third-order valence-corrected chi connectivity index (χ3v) is 2.14. The number of hydrogen-bond donors (Lipinski definition) is 0. The number of carbonyl (C=O) groups excluding carboxylic acids is 3. The summed E-state index contributed by atoms with van der Waals surface area (Å²) in [4.78, 5) is 33.6. The summed E-state index contributed by atoms with van der Waals surface area (Å²) in [5, 5.41) is 0. The molecule has 1 amide bonds. The molecule has 0 rings (SSSR count). The zero-order chi connectivity index (χ0) is 11.1. The molecule has 0 aromatic rings. The molecule has 4 nitrogen and oxygen atoms in total. The summed E-state index contributed by atoms with van der Waals surface area (Å²) in [6, 6.07) is -0.394. The van der Waals surface area contributed by atoms with Crippen molar-refractivity contribution < 1.29 is 14.4 Å². The molecule has 80 valence electrons. The maximum Gasteiger partial charge on any atom is 0.223 e. The van der Waals surface area contributed by atoms with Crippen LogP contribution in [0.2, 0.25) is 0 Å². The van der Waals surface area contributed by atoms with Crippen molar-refractivity contribution in [2.45, 2.75) is 32.7 Å². The van der Waals surface area contributed by atoms with E-state index < -0.39 is 6.04 Å². The van der Waals surface area contributed by atoms with Crippen molar-refractivity contribution in [2.75, 3.05) is 7.05 Å². The molecule has 1 atom stereocenters. The van der Waals surface area contributed by atoms with Gasteiger partial charge in [0.2, 0.25) is 5.91 Å². The lowest BCUT2D eigenvalue weighted by Gasteiger charge is -2.26. The Morgan fingerprint density at radius 3 is 2.29 bits per heavy atom. The first-order chi connectivity index (χ1) is 6.54. The zero-order valence-corrected chi connectivity index (χ0v) is 8.90. The lowest BCUT2D eigenvalue weighted by molar-refractivity contribution is -0.136. The average molecular weight is 199 g/mol. The van der Waals surface area contributed by atoms with Crippen LogP contribution in [0.1, 0.15) is 26.7 Å². The van der Waals surface area contributed by atoms with Gasteiger partial charge in [0.15, 0.2) is 0 Å². The van der Waals surface area contributed by atoms with Crippen LogP contribution in [0, 0.1) is 5.92 Å². The van der Waals surface area contributed by atoms with E-state index in [2.05, 4.69) is 0 Å². The minimum Gasteiger partial charge on any atom is -0.336 e. The van der Waals surface area contributed by atoms with Crippen molar-refractivity contribution in [1.29, 1.82) is 0 Å². The van der Waals surface area contributed by atoms with Crippen LogP contribution in [0.3, 0.4) is 0 Å². The number of amides is 1. The van der Waals surface area contributed by atoms with Crippen molar-refractivity contribution in [3.8, 4) is 0 Å². The van der Waals surface area contributed by atoms with Gasteiger partial charge in [-0.05, 0) is 5.92 Å². The highest BCUT2D eigenvalue weighted by molar-refractivity contribution is 5.81. The molecular formula is C10H17NO3. The number of nitrogens with zero attached hydrogens (tertiary/aromatic N) is 1. The van der Waals surface area contributed by atoms with Gasteiger partial charge >= 0.3 is 0 Å². The Morgan fingerprint density at radius 1 is 1.36 bits per heavy atom. The van der Waals surface area contributed by atoms with Crippen molar-refractivity contribution >= 4 is 18.5 Å². The van der Waals surface area contributed by atoms with Crippen LogP contribution in [-0.2, 0) is 14.4 Å². The van der Waals surface area contributed by atoms with Gasteiger partial charge in [0.25, 0.3) is 0 Å². The van der Waals surface area contributed by atoms with Gasteiger partial charge in [-0.2, -0.15) is 0 Å². The Labute approximate surface area is 84.3 Å². The molecule has 4 heteroatoms. The second kappa shape index (κ2) is 6.29. The smallest absolute Gasteiger partial charge is 0.223 e. The number of hydrogen-bond acceptors (Lipinski definition) is 3. The Balaban J connectivity index is 4.26. The molecule has 14 heavy (non-hydrogen) atoms. The van der Waals surface area contributed by atoms with E-state index in [1.54, 1.807) is 7.05 Å². The summed E-state index contributed by atoms with van der Waals surface area (Å²) in [6.45, 7) is 3.76. The molecule has 0 aromatic carbocycles. The minimum absolute atomic E-state index is 0.0951. The topological polar surface area (TPSA) is 54.5 Å². The van der Waals surface area contributed by atoms with Gasteiger partial charge in [-0.25, -0.2) is 0 Å². The molecule has 0 heterocycles. The van der Waals surface area contributed by atoms with Crippen LogP contribution in [-0.4, -0.2) is 36.5 Å². The van der Waals surface area contributed by atoms with Gasteiger partial charge < -0.3 is 14.5 Å². The third kappa shape index (κ3) is 3.68. The Kier molecular flexibility index (Phi) is 5.76. The maximum atomic E-state index is 11.4. The van der Waals surface area contributed by atoms with Crippen molar-refractivity contribution in [1.82, 2.24) is 4.90 Å². The van der Waals surface area contributed by atoms with Gasteiger partial charge in [-0.1, -0.05) is 13.8 Å². The summed E-state index contributed by atoms with van der Waals surface area (Å²) in [5.41, 5.74) is 0. The first-order valence-electron chi connectivity index (χ1n) is 4.69. The predicted molar refractivity (Wildman–Crippen MR) is 52.8 cm³/mol. The van der Waals surface area contributed by atoms with Crippen LogP contribution in [0.15, 0.2) is 0 Å². The fraction of sp³-hybridized carbons (Fsp3) is 0.700. The van der Waals surface area contributed by atoms with Crippen molar-refractivity contribution in [3.05, 3.63) is 0 Å². The largest absolute Gasteiger partial charge is 0.336 e. The van der Waals surface area contributed by atoms with Gasteiger partial charge in [-0.15, -0.1) is 0 Å². The molecular weight excluding hydrogens is 182 g/mol. The summed E-state index contributed by atoms with van der Waals surface area (Å²) in [6.07, 6.45) is 1.87. The average Bonchev–Trinajstić information content (AvgIpc) is 2.14. The van der Waals surface area contributed by atoms with Gasteiger partial charge in [0.05, 0.1) is 6.04 Å². The van der Waals surface area contributed by atoms with Gasteiger partial charge in [0, 0.05) is 19.9 Å². The Hall–Kier alpha value is -1.19. The molecule has 0 bridgehead atoms. The van der Waals surface area contributed by atoms with E-state index in [1.807, 2.05) is 13.8 Å². The minimum atomic E-state index is -0.394. The van der Waals surface area contributed by atoms with E-state index in [-0.39, 0.29) is 24.7 Å². The summed E-state index contributed by atoms with van der Waals surface area (Å²) >= 11 is 0. The molecule has 0 spiro atoms.